The quantitative estimate of drug-likeness (QED) is 0.660. The highest BCUT2D eigenvalue weighted by atomic mass is 16.5. The predicted octanol–water partition coefficient (Wildman–Crippen LogP) is 2.97. The Balaban J connectivity index is 2.60. The smallest absolute Gasteiger partial charge is 0.0642 e. The summed E-state index contributed by atoms with van der Waals surface area (Å²) in [5, 5.41) is 0. The second-order valence-corrected chi connectivity index (χ2v) is 3.98. The molecule has 2 heteroatoms. The average molecular weight is 209 g/mol. The zero-order chi connectivity index (χ0) is 11.1. The molecule has 0 spiro atoms. The Hall–Kier alpha value is -0.760. The van der Waals surface area contributed by atoms with Gasteiger partial charge >= 0.3 is 0 Å². The molecule has 1 aliphatic rings. The van der Waals surface area contributed by atoms with Crippen LogP contribution in [0.4, 0.5) is 0 Å². The molecule has 0 amide bonds. The minimum absolute atomic E-state index is 0.869. The lowest BCUT2D eigenvalue weighted by atomic mass is 10.2. The summed E-state index contributed by atoms with van der Waals surface area (Å²) in [5.74, 6) is 0. The second kappa shape index (κ2) is 6.67. The van der Waals surface area contributed by atoms with Crippen molar-refractivity contribution in [3.63, 3.8) is 0 Å². The lowest BCUT2D eigenvalue weighted by Crippen LogP contribution is -2.35. The molecule has 0 unspecified atom stereocenters. The van der Waals surface area contributed by atoms with Gasteiger partial charge in [-0.2, -0.15) is 0 Å². The molecule has 1 saturated heterocycles. The first-order valence-corrected chi connectivity index (χ1v) is 5.97. The first-order chi connectivity index (χ1) is 7.27. The van der Waals surface area contributed by atoms with Gasteiger partial charge in [0.2, 0.25) is 0 Å². The number of nitrogens with zero attached hydrogens (tertiary/aromatic N) is 1. The fraction of sp³-hybridized carbons (Fsp3) is 0.692. The SMILES string of the molecule is CC/C(C)=C\C=C(/CC)N1CCOCC1. The molecular formula is C13H23NO. The minimum atomic E-state index is 0.869. The van der Waals surface area contributed by atoms with Crippen molar-refractivity contribution in [2.75, 3.05) is 26.3 Å². The van der Waals surface area contributed by atoms with E-state index < -0.39 is 0 Å². The van der Waals surface area contributed by atoms with Gasteiger partial charge in [-0.15, -0.1) is 0 Å². The fourth-order valence-corrected chi connectivity index (χ4v) is 1.65. The molecule has 0 aromatic rings. The Morgan fingerprint density at radius 3 is 2.33 bits per heavy atom. The van der Waals surface area contributed by atoms with Gasteiger partial charge in [-0.25, -0.2) is 0 Å². The van der Waals surface area contributed by atoms with Gasteiger partial charge in [-0.05, 0) is 25.8 Å². The lowest BCUT2D eigenvalue weighted by molar-refractivity contribution is 0.0524. The Bertz CT molecular complexity index is 237. The Morgan fingerprint density at radius 1 is 1.13 bits per heavy atom. The molecule has 0 aromatic heterocycles. The first kappa shape index (κ1) is 12.3. The summed E-state index contributed by atoms with van der Waals surface area (Å²) in [7, 11) is 0. The standard InChI is InChI=1S/C13H23NO/c1-4-12(3)6-7-13(5-2)14-8-10-15-11-9-14/h6-7H,4-5,8-11H2,1-3H3/b12-6-,13-7+. The summed E-state index contributed by atoms with van der Waals surface area (Å²) in [5.41, 5.74) is 2.88. The number of rotatable bonds is 4. The van der Waals surface area contributed by atoms with E-state index >= 15 is 0 Å². The van der Waals surface area contributed by atoms with E-state index in [9.17, 15) is 0 Å². The van der Waals surface area contributed by atoms with E-state index in [1.54, 1.807) is 0 Å². The Kier molecular flexibility index (Phi) is 5.48. The monoisotopic (exact) mass is 209 g/mol. The van der Waals surface area contributed by atoms with Gasteiger partial charge < -0.3 is 9.64 Å². The van der Waals surface area contributed by atoms with Crippen LogP contribution in [-0.2, 0) is 4.74 Å². The highest BCUT2D eigenvalue weighted by Crippen LogP contribution is 2.12. The molecule has 0 saturated carbocycles. The Labute approximate surface area is 93.6 Å². The van der Waals surface area contributed by atoms with Gasteiger partial charge in [0, 0.05) is 18.8 Å². The number of hydrogen-bond donors (Lipinski definition) is 0. The third kappa shape index (κ3) is 4.08. The van der Waals surface area contributed by atoms with Crippen molar-refractivity contribution >= 4 is 0 Å². The van der Waals surface area contributed by atoms with Crippen molar-refractivity contribution in [2.24, 2.45) is 0 Å². The first-order valence-electron chi connectivity index (χ1n) is 5.97. The van der Waals surface area contributed by atoms with Crippen LogP contribution in [0.5, 0.6) is 0 Å². The molecular weight excluding hydrogens is 186 g/mol. The highest BCUT2D eigenvalue weighted by Gasteiger charge is 2.11. The van der Waals surface area contributed by atoms with E-state index in [0.717, 1.165) is 39.1 Å². The van der Waals surface area contributed by atoms with Crippen molar-refractivity contribution in [3.8, 4) is 0 Å². The van der Waals surface area contributed by atoms with Crippen LogP contribution in [0.15, 0.2) is 23.4 Å². The van der Waals surface area contributed by atoms with Gasteiger partial charge in [0.15, 0.2) is 0 Å². The van der Waals surface area contributed by atoms with Crippen molar-refractivity contribution < 1.29 is 4.74 Å². The summed E-state index contributed by atoms with van der Waals surface area (Å²) < 4.78 is 5.36. The fourth-order valence-electron chi connectivity index (χ4n) is 1.65. The van der Waals surface area contributed by atoms with Crippen molar-refractivity contribution in [2.45, 2.75) is 33.6 Å². The van der Waals surface area contributed by atoms with Gasteiger partial charge in [0.1, 0.15) is 0 Å². The molecule has 0 aromatic carbocycles. The summed E-state index contributed by atoms with van der Waals surface area (Å²) in [6, 6.07) is 0. The molecule has 0 bridgehead atoms. The molecule has 0 radical (unpaired) electrons. The van der Waals surface area contributed by atoms with E-state index in [0.29, 0.717) is 0 Å². The molecule has 1 fully saturated rings. The third-order valence-corrected chi connectivity index (χ3v) is 2.90. The molecule has 1 heterocycles. The Morgan fingerprint density at radius 2 is 1.80 bits per heavy atom. The summed E-state index contributed by atoms with van der Waals surface area (Å²) in [4.78, 5) is 2.43. The van der Waals surface area contributed by atoms with Crippen LogP contribution < -0.4 is 0 Å². The van der Waals surface area contributed by atoms with Crippen LogP contribution in [-0.4, -0.2) is 31.2 Å². The number of ether oxygens (including phenoxy) is 1. The second-order valence-electron chi connectivity index (χ2n) is 3.98. The van der Waals surface area contributed by atoms with Crippen LogP contribution >= 0.6 is 0 Å². The maximum atomic E-state index is 5.36. The van der Waals surface area contributed by atoms with Crippen LogP contribution in [0.25, 0.3) is 0 Å². The molecule has 1 aliphatic heterocycles. The molecule has 0 atom stereocenters. The number of hydrogen-bond acceptors (Lipinski definition) is 2. The summed E-state index contributed by atoms with van der Waals surface area (Å²) >= 11 is 0. The van der Waals surface area contributed by atoms with Crippen LogP contribution in [0.1, 0.15) is 33.6 Å². The average Bonchev–Trinajstić information content (AvgIpc) is 2.31. The summed E-state index contributed by atoms with van der Waals surface area (Å²) in [6.07, 6.45) is 6.75. The van der Waals surface area contributed by atoms with E-state index in [2.05, 4.69) is 37.8 Å². The van der Waals surface area contributed by atoms with E-state index in [1.807, 2.05) is 0 Å². The predicted molar refractivity (Wildman–Crippen MR) is 64.8 cm³/mol. The van der Waals surface area contributed by atoms with E-state index in [-0.39, 0.29) is 0 Å². The van der Waals surface area contributed by atoms with Crippen molar-refractivity contribution in [1.29, 1.82) is 0 Å². The summed E-state index contributed by atoms with van der Waals surface area (Å²) in [6.45, 7) is 10.4. The van der Waals surface area contributed by atoms with Gasteiger partial charge in [0.05, 0.1) is 13.2 Å². The zero-order valence-corrected chi connectivity index (χ0v) is 10.3. The molecule has 15 heavy (non-hydrogen) atoms. The normalized spacial score (nSPS) is 19.5. The molecule has 0 aliphatic carbocycles. The van der Waals surface area contributed by atoms with Crippen molar-refractivity contribution in [1.82, 2.24) is 4.90 Å². The minimum Gasteiger partial charge on any atom is -0.378 e. The molecule has 1 rings (SSSR count). The van der Waals surface area contributed by atoms with Gasteiger partial charge in [-0.1, -0.05) is 25.5 Å². The molecule has 2 nitrogen and oxygen atoms in total. The van der Waals surface area contributed by atoms with Gasteiger partial charge in [0.25, 0.3) is 0 Å². The highest BCUT2D eigenvalue weighted by molar-refractivity contribution is 5.16. The van der Waals surface area contributed by atoms with Crippen LogP contribution in [0.2, 0.25) is 0 Å². The van der Waals surface area contributed by atoms with Crippen molar-refractivity contribution in [3.05, 3.63) is 23.4 Å². The zero-order valence-electron chi connectivity index (χ0n) is 10.3. The maximum Gasteiger partial charge on any atom is 0.0642 e. The molecule has 86 valence electrons. The molecule has 0 N–H and O–H groups in total. The lowest BCUT2D eigenvalue weighted by Gasteiger charge is -2.30. The van der Waals surface area contributed by atoms with E-state index in [1.165, 1.54) is 11.3 Å². The van der Waals surface area contributed by atoms with E-state index in [4.69, 9.17) is 4.74 Å². The van der Waals surface area contributed by atoms with Gasteiger partial charge in [-0.3, -0.25) is 0 Å². The number of morpholine rings is 1. The maximum absolute atomic E-state index is 5.36. The third-order valence-electron chi connectivity index (χ3n) is 2.90. The number of allylic oxidation sites excluding steroid dienone is 4. The topological polar surface area (TPSA) is 12.5 Å². The van der Waals surface area contributed by atoms with Crippen LogP contribution in [0, 0.1) is 0 Å². The van der Waals surface area contributed by atoms with Crippen LogP contribution in [0.3, 0.4) is 0 Å². The largest absolute Gasteiger partial charge is 0.378 e.